The maximum absolute atomic E-state index is 4.23. The number of hydrogen-bond acceptors (Lipinski definition) is 2. The lowest BCUT2D eigenvalue weighted by Crippen LogP contribution is -2.39. The first-order valence-corrected chi connectivity index (χ1v) is 7.02. The molecular weight excluding hydrogens is 231 g/mol. The Morgan fingerprint density at radius 2 is 1.74 bits per heavy atom. The standard InChI is InChI=1S/C16H19BN2/c1-3-4-7-12(2)17-18-14-10-5-8-13-9-6-11-15(19-17)16(13)14/h5-6,8-11,18-19H,2-4,7H2,1H3. The molecule has 0 aliphatic carbocycles. The van der Waals surface area contributed by atoms with Gasteiger partial charge in [-0.3, -0.25) is 0 Å². The van der Waals surface area contributed by atoms with Gasteiger partial charge in [-0.05, 0) is 23.9 Å². The zero-order valence-electron chi connectivity index (χ0n) is 11.4. The lowest BCUT2D eigenvalue weighted by Gasteiger charge is -2.27. The second-order valence-corrected chi connectivity index (χ2v) is 5.19. The van der Waals surface area contributed by atoms with Crippen LogP contribution in [0.2, 0.25) is 0 Å². The Labute approximate surface area is 115 Å². The van der Waals surface area contributed by atoms with Gasteiger partial charge in [-0.2, -0.15) is 0 Å². The third kappa shape index (κ3) is 2.21. The first-order chi connectivity index (χ1) is 9.29. The van der Waals surface area contributed by atoms with Crippen molar-refractivity contribution in [1.29, 1.82) is 0 Å². The highest BCUT2D eigenvalue weighted by atomic mass is 15.0. The Morgan fingerprint density at radius 1 is 1.11 bits per heavy atom. The summed E-state index contributed by atoms with van der Waals surface area (Å²) >= 11 is 0. The van der Waals surface area contributed by atoms with Crippen LogP contribution in [0.15, 0.2) is 48.4 Å². The number of anilines is 2. The highest BCUT2D eigenvalue weighted by Gasteiger charge is 2.25. The summed E-state index contributed by atoms with van der Waals surface area (Å²) in [7, 11) is 0. The largest absolute Gasteiger partial charge is 0.405 e. The molecule has 0 saturated carbocycles. The quantitative estimate of drug-likeness (QED) is 0.783. The van der Waals surface area contributed by atoms with E-state index in [1.54, 1.807) is 0 Å². The number of hydrogen-bond donors (Lipinski definition) is 2. The Morgan fingerprint density at radius 3 is 2.32 bits per heavy atom. The van der Waals surface area contributed by atoms with Crippen LogP contribution in [-0.2, 0) is 0 Å². The van der Waals surface area contributed by atoms with Gasteiger partial charge in [0.2, 0.25) is 0 Å². The Kier molecular flexibility index (Phi) is 3.20. The van der Waals surface area contributed by atoms with Crippen LogP contribution in [0, 0.1) is 0 Å². The molecule has 0 fully saturated rings. The maximum Gasteiger partial charge on any atom is 0.401 e. The van der Waals surface area contributed by atoms with Gasteiger partial charge in [0.25, 0.3) is 0 Å². The van der Waals surface area contributed by atoms with Crippen molar-refractivity contribution in [1.82, 2.24) is 0 Å². The van der Waals surface area contributed by atoms with Crippen molar-refractivity contribution in [3.8, 4) is 0 Å². The second kappa shape index (κ2) is 5.00. The highest BCUT2D eigenvalue weighted by molar-refractivity contribution is 6.74. The molecule has 1 aliphatic heterocycles. The zero-order valence-corrected chi connectivity index (χ0v) is 11.4. The molecule has 0 saturated heterocycles. The first kappa shape index (κ1) is 12.2. The number of nitrogens with one attached hydrogen (secondary N) is 2. The van der Waals surface area contributed by atoms with E-state index >= 15 is 0 Å². The maximum atomic E-state index is 4.23. The van der Waals surface area contributed by atoms with Gasteiger partial charge in [-0.1, -0.05) is 49.5 Å². The van der Waals surface area contributed by atoms with Gasteiger partial charge >= 0.3 is 6.98 Å². The molecule has 3 rings (SSSR count). The molecule has 0 radical (unpaired) electrons. The van der Waals surface area contributed by atoms with Gasteiger partial charge in [-0.15, -0.1) is 6.58 Å². The molecule has 2 N–H and O–H groups in total. The van der Waals surface area contributed by atoms with Crippen molar-refractivity contribution in [3.05, 3.63) is 48.4 Å². The summed E-state index contributed by atoms with van der Waals surface area (Å²) in [5.74, 6) is 0. The van der Waals surface area contributed by atoms with Crippen LogP contribution in [-0.4, -0.2) is 6.98 Å². The second-order valence-electron chi connectivity index (χ2n) is 5.19. The Bertz CT molecular complexity index is 580. The third-order valence-corrected chi connectivity index (χ3v) is 3.76. The van der Waals surface area contributed by atoms with E-state index in [1.165, 1.54) is 40.5 Å². The van der Waals surface area contributed by atoms with Crippen molar-refractivity contribution in [2.75, 3.05) is 10.5 Å². The molecule has 0 aromatic heterocycles. The number of rotatable bonds is 4. The fourth-order valence-electron chi connectivity index (χ4n) is 2.68. The summed E-state index contributed by atoms with van der Waals surface area (Å²) < 4.78 is 0. The Hall–Kier alpha value is -1.90. The molecule has 0 spiro atoms. The van der Waals surface area contributed by atoms with Gasteiger partial charge in [0, 0.05) is 16.8 Å². The normalized spacial score (nSPS) is 13.0. The third-order valence-electron chi connectivity index (χ3n) is 3.76. The van der Waals surface area contributed by atoms with Crippen LogP contribution in [0.25, 0.3) is 10.8 Å². The minimum Gasteiger partial charge on any atom is -0.405 e. The molecule has 0 bridgehead atoms. The van der Waals surface area contributed by atoms with Crippen LogP contribution in [0.4, 0.5) is 11.4 Å². The van der Waals surface area contributed by atoms with E-state index in [0.717, 1.165) is 6.42 Å². The van der Waals surface area contributed by atoms with Crippen LogP contribution in [0.3, 0.4) is 0 Å². The summed E-state index contributed by atoms with van der Waals surface area (Å²) in [4.78, 5) is 0. The minimum absolute atomic E-state index is 0.145. The summed E-state index contributed by atoms with van der Waals surface area (Å²) in [5.41, 5.74) is 3.64. The van der Waals surface area contributed by atoms with Crippen molar-refractivity contribution < 1.29 is 0 Å². The topological polar surface area (TPSA) is 24.1 Å². The smallest absolute Gasteiger partial charge is 0.401 e. The van der Waals surface area contributed by atoms with E-state index in [4.69, 9.17) is 0 Å². The average molecular weight is 250 g/mol. The molecule has 2 aromatic rings. The molecular formula is C16H19BN2. The van der Waals surface area contributed by atoms with E-state index in [2.05, 4.69) is 60.4 Å². The Balaban J connectivity index is 1.92. The molecule has 1 aliphatic rings. The van der Waals surface area contributed by atoms with Crippen LogP contribution < -0.4 is 10.5 Å². The lowest BCUT2D eigenvalue weighted by molar-refractivity contribution is 0.806. The molecule has 1 heterocycles. The van der Waals surface area contributed by atoms with Crippen LogP contribution in [0.5, 0.6) is 0 Å². The predicted octanol–water partition coefficient (Wildman–Crippen LogP) is 4.45. The fraction of sp³-hybridized carbons (Fsp3) is 0.250. The van der Waals surface area contributed by atoms with Gasteiger partial charge in [0.1, 0.15) is 0 Å². The van der Waals surface area contributed by atoms with Gasteiger partial charge in [0.05, 0.1) is 0 Å². The molecule has 19 heavy (non-hydrogen) atoms. The van der Waals surface area contributed by atoms with Gasteiger partial charge < -0.3 is 10.5 Å². The SMILES string of the molecule is C=C(CCCC)B1Nc2cccc3cccc(c23)N1. The van der Waals surface area contributed by atoms with E-state index in [0.29, 0.717) is 0 Å². The summed E-state index contributed by atoms with van der Waals surface area (Å²) in [6.45, 7) is 6.59. The molecule has 2 nitrogen and oxygen atoms in total. The predicted molar refractivity (Wildman–Crippen MR) is 85.6 cm³/mol. The highest BCUT2D eigenvalue weighted by Crippen LogP contribution is 2.34. The fourth-order valence-corrected chi connectivity index (χ4v) is 2.68. The van der Waals surface area contributed by atoms with Crippen molar-refractivity contribution in [3.63, 3.8) is 0 Å². The number of unbranched alkanes of at least 4 members (excludes halogenated alkanes) is 1. The van der Waals surface area contributed by atoms with Crippen LogP contribution in [0.1, 0.15) is 26.2 Å². The molecule has 3 heteroatoms. The molecule has 0 unspecified atom stereocenters. The van der Waals surface area contributed by atoms with E-state index in [-0.39, 0.29) is 6.98 Å². The summed E-state index contributed by atoms with van der Waals surface area (Å²) in [5, 5.41) is 9.67. The molecule has 96 valence electrons. The van der Waals surface area contributed by atoms with Crippen molar-refractivity contribution in [2.45, 2.75) is 26.2 Å². The zero-order chi connectivity index (χ0) is 13.2. The van der Waals surface area contributed by atoms with E-state index < -0.39 is 0 Å². The lowest BCUT2D eigenvalue weighted by atomic mass is 9.64. The average Bonchev–Trinajstić information content (AvgIpc) is 2.45. The number of benzene rings is 2. The van der Waals surface area contributed by atoms with Gasteiger partial charge in [0.15, 0.2) is 0 Å². The van der Waals surface area contributed by atoms with E-state index in [1.807, 2.05) is 0 Å². The van der Waals surface area contributed by atoms with Crippen LogP contribution >= 0.6 is 0 Å². The summed E-state index contributed by atoms with van der Waals surface area (Å²) in [6.07, 6.45) is 3.47. The van der Waals surface area contributed by atoms with Crippen molar-refractivity contribution in [2.24, 2.45) is 0 Å². The van der Waals surface area contributed by atoms with Gasteiger partial charge in [-0.25, -0.2) is 0 Å². The van der Waals surface area contributed by atoms with Crippen molar-refractivity contribution >= 4 is 29.1 Å². The molecule has 0 amide bonds. The number of allylic oxidation sites excluding steroid dienone is 1. The van der Waals surface area contributed by atoms with E-state index in [9.17, 15) is 0 Å². The molecule has 0 atom stereocenters. The first-order valence-electron chi connectivity index (χ1n) is 7.02. The monoisotopic (exact) mass is 250 g/mol. The molecule has 2 aromatic carbocycles. The minimum atomic E-state index is 0.145. The summed E-state index contributed by atoms with van der Waals surface area (Å²) in [6, 6.07) is 12.8.